The van der Waals surface area contributed by atoms with Crippen molar-refractivity contribution in [2.45, 2.75) is 0 Å². The number of carbonyl (C=O) groups is 2. The summed E-state index contributed by atoms with van der Waals surface area (Å²) < 4.78 is 24.8. The molecule has 0 amide bonds. The Hall–Kier alpha value is -1.85. The zero-order valence-electron chi connectivity index (χ0n) is 15.1. The first-order valence-electron chi connectivity index (χ1n) is 8.18. The molecule has 6 nitrogen and oxygen atoms in total. The number of hydrogen-bond acceptors (Lipinski definition) is 6. The van der Waals surface area contributed by atoms with Gasteiger partial charge in [-0.15, -0.1) is 0 Å². The van der Waals surface area contributed by atoms with Crippen molar-refractivity contribution < 1.29 is 28.5 Å². The van der Waals surface area contributed by atoms with Crippen LogP contribution < -0.4 is 20.4 Å². The number of hydrogen-bond donors (Lipinski definition) is 0. The number of carbonyl (C=O) groups excluding carboxylic acids is 2. The fourth-order valence-electron chi connectivity index (χ4n) is 2.58. The summed E-state index contributed by atoms with van der Waals surface area (Å²) in [6.07, 6.45) is 0. The first-order valence-corrected chi connectivity index (χ1v) is 11.4. The monoisotopic (exact) mass is 436 g/mol. The summed E-state index contributed by atoms with van der Waals surface area (Å²) in [6.45, 7) is 0. The van der Waals surface area contributed by atoms with E-state index in [9.17, 15) is 28.5 Å². The van der Waals surface area contributed by atoms with Crippen molar-refractivity contribution in [3.05, 3.63) is 96.1 Å². The van der Waals surface area contributed by atoms with Gasteiger partial charge in [-0.3, -0.25) is 9.59 Å². The SMILES string of the molecule is O=C(c1ccc(C(=O)P(=O)([O-])c2ccccc2)cc1)P(=O)([O-])c1ccccc1.[Mg+2]. The molecule has 0 saturated heterocycles. The molecule has 142 valence electrons. The maximum Gasteiger partial charge on any atom is 2.00 e. The zero-order valence-corrected chi connectivity index (χ0v) is 18.3. The molecule has 0 aromatic heterocycles. The molecular formula is C20H14MgO6P2. The van der Waals surface area contributed by atoms with E-state index in [1.54, 1.807) is 12.1 Å². The second kappa shape index (κ2) is 9.31. The summed E-state index contributed by atoms with van der Waals surface area (Å²) in [6, 6.07) is 19.1. The average Bonchev–Trinajstić information content (AvgIpc) is 2.74. The molecule has 3 aromatic rings. The molecule has 29 heavy (non-hydrogen) atoms. The molecular weight excluding hydrogens is 422 g/mol. The molecule has 0 aliphatic rings. The summed E-state index contributed by atoms with van der Waals surface area (Å²) in [5.41, 5.74) is -2.52. The topological polar surface area (TPSA) is 114 Å². The summed E-state index contributed by atoms with van der Waals surface area (Å²) >= 11 is 0. The molecule has 0 radical (unpaired) electrons. The van der Waals surface area contributed by atoms with Crippen LogP contribution in [0.1, 0.15) is 20.7 Å². The van der Waals surface area contributed by atoms with Gasteiger partial charge in [-0.05, 0) is 0 Å². The second-order valence-electron chi connectivity index (χ2n) is 5.96. The third-order valence-electron chi connectivity index (χ3n) is 4.11. The van der Waals surface area contributed by atoms with E-state index in [2.05, 4.69) is 0 Å². The van der Waals surface area contributed by atoms with E-state index in [4.69, 9.17) is 0 Å². The summed E-state index contributed by atoms with van der Waals surface area (Å²) in [7, 11) is -9.13. The minimum absolute atomic E-state index is 0. The molecule has 0 N–H and O–H groups in total. The Kier molecular flexibility index (Phi) is 7.52. The largest absolute Gasteiger partial charge is 2.00 e. The van der Waals surface area contributed by atoms with E-state index in [-0.39, 0.29) is 44.8 Å². The number of rotatable bonds is 6. The Labute approximate surface area is 183 Å². The minimum Gasteiger partial charge on any atom is -0.790 e. The Morgan fingerprint density at radius 2 is 0.828 bits per heavy atom. The molecule has 2 unspecified atom stereocenters. The van der Waals surface area contributed by atoms with Crippen LogP contribution in [0.4, 0.5) is 0 Å². The van der Waals surface area contributed by atoms with Gasteiger partial charge in [-0.25, -0.2) is 0 Å². The van der Waals surface area contributed by atoms with Gasteiger partial charge in [0.15, 0.2) is 0 Å². The Balaban J connectivity index is 0.00000300. The molecule has 3 rings (SSSR count). The molecule has 0 spiro atoms. The predicted octanol–water partition coefficient (Wildman–Crippen LogP) is 1.51. The maximum atomic E-state index is 12.4. The molecule has 0 aliphatic heterocycles. The van der Waals surface area contributed by atoms with E-state index in [0.717, 1.165) is 24.3 Å². The smallest absolute Gasteiger partial charge is 0.790 e. The minimum atomic E-state index is -4.57. The molecule has 2 atom stereocenters. The van der Waals surface area contributed by atoms with Gasteiger partial charge in [0.1, 0.15) is 14.7 Å². The van der Waals surface area contributed by atoms with Crippen LogP contribution in [0.2, 0.25) is 0 Å². The van der Waals surface area contributed by atoms with Crippen LogP contribution in [0.3, 0.4) is 0 Å². The van der Waals surface area contributed by atoms with E-state index < -0.39 is 25.8 Å². The van der Waals surface area contributed by atoms with E-state index >= 15 is 0 Å². The van der Waals surface area contributed by atoms with Gasteiger partial charge in [0.25, 0.3) is 0 Å². The van der Waals surface area contributed by atoms with Gasteiger partial charge in [-0.1, -0.05) is 84.9 Å². The Morgan fingerprint density at radius 1 is 0.552 bits per heavy atom. The standard InChI is InChI=1S/C20H16O6P2.Mg/c21-19(27(23,24)17-7-3-1-4-8-17)15-11-13-16(14-12-15)20(22)28(25,26)18-9-5-2-6-10-18;/h1-14H,(H,23,24)(H,25,26);/q;+2/p-2. The van der Waals surface area contributed by atoms with Crippen molar-refractivity contribution >= 4 is 59.4 Å². The average molecular weight is 437 g/mol. The molecule has 3 aromatic carbocycles. The predicted molar refractivity (Wildman–Crippen MR) is 108 cm³/mol. The molecule has 0 saturated carbocycles. The number of benzene rings is 3. The van der Waals surface area contributed by atoms with Crippen molar-refractivity contribution in [1.82, 2.24) is 0 Å². The van der Waals surface area contributed by atoms with Gasteiger partial charge >= 0.3 is 23.1 Å². The Bertz CT molecular complexity index is 1020. The summed E-state index contributed by atoms with van der Waals surface area (Å²) in [5.74, 6) is 0. The van der Waals surface area contributed by atoms with Crippen LogP contribution in [0.25, 0.3) is 0 Å². The Morgan fingerprint density at radius 3 is 1.10 bits per heavy atom. The fourth-order valence-corrected chi connectivity index (χ4v) is 5.15. The fraction of sp³-hybridized carbons (Fsp3) is 0. The summed E-state index contributed by atoms with van der Waals surface area (Å²) in [5, 5.41) is -0.235. The van der Waals surface area contributed by atoms with Gasteiger partial charge in [0.2, 0.25) is 11.0 Å². The molecule has 9 heteroatoms. The third kappa shape index (κ3) is 4.84. The quantitative estimate of drug-likeness (QED) is 0.427. The van der Waals surface area contributed by atoms with Crippen molar-refractivity contribution in [2.75, 3.05) is 0 Å². The molecule has 0 aliphatic carbocycles. The van der Waals surface area contributed by atoms with Crippen LogP contribution >= 0.6 is 14.7 Å². The van der Waals surface area contributed by atoms with Crippen LogP contribution in [0.5, 0.6) is 0 Å². The van der Waals surface area contributed by atoms with E-state index in [1.165, 1.54) is 48.5 Å². The maximum absolute atomic E-state index is 12.4. The molecule has 0 bridgehead atoms. The third-order valence-corrected chi connectivity index (χ3v) is 7.65. The van der Waals surface area contributed by atoms with Crippen LogP contribution in [-0.2, 0) is 9.13 Å². The second-order valence-corrected chi connectivity index (χ2v) is 10.0. The summed E-state index contributed by atoms with van der Waals surface area (Å²) in [4.78, 5) is 49.6. The van der Waals surface area contributed by atoms with Crippen LogP contribution in [0.15, 0.2) is 84.9 Å². The first-order chi connectivity index (χ1) is 13.2. The zero-order chi connectivity index (χ0) is 20.4. The molecule has 0 heterocycles. The van der Waals surface area contributed by atoms with Gasteiger partial charge in [0, 0.05) is 21.7 Å². The van der Waals surface area contributed by atoms with E-state index in [1.807, 2.05) is 0 Å². The van der Waals surface area contributed by atoms with Gasteiger partial charge in [0.05, 0.1) is 0 Å². The van der Waals surface area contributed by atoms with E-state index in [0.29, 0.717) is 0 Å². The van der Waals surface area contributed by atoms with Crippen molar-refractivity contribution in [3.63, 3.8) is 0 Å². The van der Waals surface area contributed by atoms with Crippen LogP contribution in [-0.4, -0.2) is 34.1 Å². The van der Waals surface area contributed by atoms with Crippen molar-refractivity contribution in [1.29, 1.82) is 0 Å². The normalized spacial score (nSPS) is 14.7. The van der Waals surface area contributed by atoms with Crippen molar-refractivity contribution in [2.24, 2.45) is 0 Å². The van der Waals surface area contributed by atoms with Crippen LogP contribution in [0, 0.1) is 0 Å². The van der Waals surface area contributed by atoms with Crippen molar-refractivity contribution in [3.8, 4) is 0 Å². The first kappa shape index (κ1) is 23.4. The van der Waals surface area contributed by atoms with Gasteiger partial charge < -0.3 is 18.9 Å². The molecule has 0 fully saturated rings. The van der Waals surface area contributed by atoms with Gasteiger partial charge in [-0.2, -0.15) is 0 Å².